The van der Waals surface area contributed by atoms with Crippen molar-refractivity contribution >= 4 is 17.3 Å². The van der Waals surface area contributed by atoms with Crippen LogP contribution in [0.25, 0.3) is 0 Å². The van der Waals surface area contributed by atoms with E-state index in [-0.39, 0.29) is 5.91 Å². The summed E-state index contributed by atoms with van der Waals surface area (Å²) >= 11 is 0. The Morgan fingerprint density at radius 3 is 2.29 bits per heavy atom. The molecule has 2 N–H and O–H groups in total. The first-order chi connectivity index (χ1) is 13.4. The van der Waals surface area contributed by atoms with Gasteiger partial charge in [-0.15, -0.1) is 0 Å². The number of amides is 1. The number of carbonyl (C=O) groups excluding carboxylic acids is 1. The van der Waals surface area contributed by atoms with Gasteiger partial charge < -0.3 is 10.7 Å². The van der Waals surface area contributed by atoms with Gasteiger partial charge in [-0.25, -0.2) is 0 Å². The number of anilines is 1. The fourth-order valence-corrected chi connectivity index (χ4v) is 3.71. The number of nitrogens with one attached hydrogen (secondary N) is 2. The van der Waals surface area contributed by atoms with Crippen LogP contribution in [0, 0.1) is 24.2 Å². The molecule has 3 unspecified atom stereocenters. The number of rotatable bonds is 9. The van der Waals surface area contributed by atoms with Crippen molar-refractivity contribution in [2.75, 3.05) is 5.32 Å². The highest BCUT2D eigenvalue weighted by molar-refractivity contribution is 6.04. The summed E-state index contributed by atoms with van der Waals surface area (Å²) in [6, 6.07) is 15.5. The summed E-state index contributed by atoms with van der Waals surface area (Å²) in [4.78, 5) is 12.6. The van der Waals surface area contributed by atoms with Crippen molar-refractivity contribution in [1.82, 2.24) is 0 Å². The standard InChI is InChI=1S/C25H34N2O/c1-6-17(3)24(26)16-20(7-2)19(5)23-14-13-21(15-18(23)4)25(28)27-22-11-9-8-10-12-22/h8-15,17,19-20,26H,6-7,16H2,1-5H3,(H,27,28). The monoisotopic (exact) mass is 378 g/mol. The van der Waals surface area contributed by atoms with Gasteiger partial charge in [-0.2, -0.15) is 0 Å². The van der Waals surface area contributed by atoms with Gasteiger partial charge in [0.1, 0.15) is 0 Å². The van der Waals surface area contributed by atoms with Crippen molar-refractivity contribution in [3.05, 3.63) is 65.2 Å². The summed E-state index contributed by atoms with van der Waals surface area (Å²) in [5, 5.41) is 11.3. The number of benzene rings is 2. The van der Waals surface area contributed by atoms with Gasteiger partial charge in [0.2, 0.25) is 0 Å². The third kappa shape index (κ3) is 5.54. The lowest BCUT2D eigenvalue weighted by atomic mass is 9.79. The number of hydrogen-bond donors (Lipinski definition) is 2. The van der Waals surface area contributed by atoms with Crippen LogP contribution in [-0.2, 0) is 0 Å². The van der Waals surface area contributed by atoms with Gasteiger partial charge >= 0.3 is 0 Å². The highest BCUT2D eigenvalue weighted by Gasteiger charge is 2.22. The van der Waals surface area contributed by atoms with Crippen LogP contribution in [0.5, 0.6) is 0 Å². The molecule has 2 aromatic rings. The van der Waals surface area contributed by atoms with Crippen molar-refractivity contribution in [3.63, 3.8) is 0 Å². The van der Waals surface area contributed by atoms with Gasteiger partial charge in [0.05, 0.1) is 0 Å². The number of para-hydroxylation sites is 1. The van der Waals surface area contributed by atoms with Crippen LogP contribution < -0.4 is 5.32 Å². The Morgan fingerprint density at radius 1 is 1.04 bits per heavy atom. The molecule has 150 valence electrons. The lowest BCUT2D eigenvalue weighted by Gasteiger charge is -2.26. The molecule has 0 aliphatic rings. The van der Waals surface area contributed by atoms with E-state index >= 15 is 0 Å². The number of aryl methyl sites for hydroxylation is 1. The first-order valence-corrected chi connectivity index (χ1v) is 10.4. The second-order valence-corrected chi connectivity index (χ2v) is 7.89. The van der Waals surface area contributed by atoms with Crippen LogP contribution in [0.3, 0.4) is 0 Å². The molecule has 0 heterocycles. The average molecular weight is 379 g/mol. The minimum absolute atomic E-state index is 0.0842. The van der Waals surface area contributed by atoms with E-state index in [1.165, 1.54) is 5.56 Å². The molecule has 0 spiro atoms. The summed E-state index contributed by atoms with van der Waals surface area (Å²) in [5.41, 5.74) is 4.76. The van der Waals surface area contributed by atoms with Gasteiger partial charge in [0, 0.05) is 17.0 Å². The third-order valence-corrected chi connectivity index (χ3v) is 5.98. The van der Waals surface area contributed by atoms with E-state index < -0.39 is 0 Å². The lowest BCUT2D eigenvalue weighted by Crippen LogP contribution is -2.19. The second kappa shape index (κ2) is 10.2. The molecule has 0 aliphatic carbocycles. The maximum absolute atomic E-state index is 12.6. The summed E-state index contributed by atoms with van der Waals surface area (Å²) < 4.78 is 0. The van der Waals surface area contributed by atoms with Crippen molar-refractivity contribution in [3.8, 4) is 0 Å². The van der Waals surface area contributed by atoms with Crippen molar-refractivity contribution in [1.29, 1.82) is 5.41 Å². The molecule has 2 aromatic carbocycles. The quantitative estimate of drug-likeness (QED) is 0.461. The highest BCUT2D eigenvalue weighted by Crippen LogP contribution is 2.33. The van der Waals surface area contributed by atoms with E-state index in [0.717, 1.165) is 36.2 Å². The molecule has 0 bridgehead atoms. The Morgan fingerprint density at radius 2 is 1.71 bits per heavy atom. The Kier molecular flexibility index (Phi) is 7.98. The van der Waals surface area contributed by atoms with E-state index in [0.29, 0.717) is 23.3 Å². The molecule has 3 heteroatoms. The molecule has 2 rings (SSSR count). The van der Waals surface area contributed by atoms with Crippen LogP contribution in [0.2, 0.25) is 0 Å². The summed E-state index contributed by atoms with van der Waals surface area (Å²) in [7, 11) is 0. The molecule has 0 radical (unpaired) electrons. The normalized spacial score (nSPS) is 14.2. The van der Waals surface area contributed by atoms with Crippen molar-refractivity contribution < 1.29 is 4.79 Å². The SMILES string of the molecule is CCC(C)C(=N)CC(CC)C(C)c1ccc(C(=O)Nc2ccccc2)cc1C. The molecular formula is C25H34N2O. The average Bonchev–Trinajstić information content (AvgIpc) is 2.71. The molecule has 3 nitrogen and oxygen atoms in total. The Hall–Kier alpha value is -2.42. The van der Waals surface area contributed by atoms with Gasteiger partial charge in [0.25, 0.3) is 5.91 Å². The summed E-state index contributed by atoms with van der Waals surface area (Å²) in [5.74, 6) is 1.08. The predicted molar refractivity (Wildman–Crippen MR) is 120 cm³/mol. The molecule has 0 saturated heterocycles. The van der Waals surface area contributed by atoms with E-state index in [1.54, 1.807) is 0 Å². The van der Waals surface area contributed by atoms with Gasteiger partial charge in [-0.05, 0) is 72.9 Å². The lowest BCUT2D eigenvalue weighted by molar-refractivity contribution is 0.102. The first kappa shape index (κ1) is 21.9. The van der Waals surface area contributed by atoms with Gasteiger partial charge in [0.15, 0.2) is 0 Å². The fourth-order valence-electron chi connectivity index (χ4n) is 3.71. The summed E-state index contributed by atoms with van der Waals surface area (Å²) in [6.45, 7) is 10.8. The zero-order valence-corrected chi connectivity index (χ0v) is 17.9. The van der Waals surface area contributed by atoms with Crippen LogP contribution >= 0.6 is 0 Å². The zero-order chi connectivity index (χ0) is 20.7. The predicted octanol–water partition coefficient (Wildman–Crippen LogP) is 6.83. The second-order valence-electron chi connectivity index (χ2n) is 7.89. The number of hydrogen-bond acceptors (Lipinski definition) is 2. The summed E-state index contributed by atoms with van der Waals surface area (Å²) in [6.07, 6.45) is 2.92. The van der Waals surface area contributed by atoms with E-state index in [9.17, 15) is 4.79 Å². The topological polar surface area (TPSA) is 53.0 Å². The molecule has 0 aromatic heterocycles. The maximum atomic E-state index is 12.6. The van der Waals surface area contributed by atoms with E-state index in [2.05, 4.69) is 46.0 Å². The molecule has 0 saturated carbocycles. The molecule has 0 fully saturated rings. The van der Waals surface area contributed by atoms with Gasteiger partial charge in [-0.3, -0.25) is 4.79 Å². The zero-order valence-electron chi connectivity index (χ0n) is 17.9. The van der Waals surface area contributed by atoms with E-state index in [1.807, 2.05) is 42.5 Å². The molecular weight excluding hydrogens is 344 g/mol. The largest absolute Gasteiger partial charge is 0.322 e. The first-order valence-electron chi connectivity index (χ1n) is 10.4. The Balaban J connectivity index is 2.13. The van der Waals surface area contributed by atoms with Crippen molar-refractivity contribution in [2.45, 2.75) is 59.8 Å². The minimum atomic E-state index is -0.0842. The van der Waals surface area contributed by atoms with Crippen LogP contribution in [-0.4, -0.2) is 11.6 Å². The van der Waals surface area contributed by atoms with Crippen LogP contribution in [0.15, 0.2) is 48.5 Å². The molecule has 3 atom stereocenters. The van der Waals surface area contributed by atoms with Crippen LogP contribution in [0.4, 0.5) is 5.69 Å². The van der Waals surface area contributed by atoms with E-state index in [4.69, 9.17) is 5.41 Å². The van der Waals surface area contributed by atoms with Gasteiger partial charge in [-0.1, -0.05) is 58.4 Å². The molecule has 1 amide bonds. The third-order valence-electron chi connectivity index (χ3n) is 5.98. The maximum Gasteiger partial charge on any atom is 0.255 e. The minimum Gasteiger partial charge on any atom is -0.322 e. The molecule has 0 aliphatic heterocycles. The molecule has 28 heavy (non-hydrogen) atoms. The Bertz CT molecular complexity index is 797. The number of carbonyl (C=O) groups is 1. The van der Waals surface area contributed by atoms with Crippen LogP contribution in [0.1, 0.15) is 74.4 Å². The smallest absolute Gasteiger partial charge is 0.255 e. The Labute approximate surface area is 170 Å². The fraction of sp³-hybridized carbons (Fsp3) is 0.440. The van der Waals surface area contributed by atoms with Crippen molar-refractivity contribution in [2.24, 2.45) is 11.8 Å². The highest BCUT2D eigenvalue weighted by atomic mass is 16.1.